The Morgan fingerprint density at radius 3 is 2.28 bits per heavy atom. The number of hydrogen-bond acceptors (Lipinski definition) is 6. The van der Waals surface area contributed by atoms with E-state index in [0.29, 0.717) is 27.8 Å². The molecule has 1 atom stereocenters. The van der Waals surface area contributed by atoms with E-state index in [4.69, 9.17) is 4.98 Å². The first-order valence-electron chi connectivity index (χ1n) is 14.0. The van der Waals surface area contributed by atoms with E-state index in [2.05, 4.69) is 62.2 Å². The van der Waals surface area contributed by atoms with Crippen molar-refractivity contribution >= 4 is 32.2 Å². The van der Waals surface area contributed by atoms with Crippen LogP contribution in [-0.4, -0.2) is 30.0 Å². The van der Waals surface area contributed by atoms with Crippen molar-refractivity contribution in [2.75, 3.05) is 11.1 Å². The molecule has 0 unspecified atom stereocenters. The van der Waals surface area contributed by atoms with Crippen LogP contribution in [0.5, 0.6) is 0 Å². The Balaban J connectivity index is 1.20. The lowest BCUT2D eigenvalue weighted by molar-refractivity contribution is -0.115. The molecule has 39 heavy (non-hydrogen) atoms. The maximum absolute atomic E-state index is 12.8. The fourth-order valence-corrected chi connectivity index (χ4v) is 8.32. The summed E-state index contributed by atoms with van der Waals surface area (Å²) in [7, 11) is -3.27. The smallest absolute Gasteiger partial charge is 0.230 e. The van der Waals surface area contributed by atoms with Gasteiger partial charge in [-0.1, -0.05) is 70.5 Å². The van der Waals surface area contributed by atoms with E-state index in [1.165, 1.54) is 16.0 Å². The molecule has 1 amide bonds. The summed E-state index contributed by atoms with van der Waals surface area (Å²) < 4.78 is 25.3. The number of amides is 1. The van der Waals surface area contributed by atoms with Gasteiger partial charge in [0.05, 0.1) is 28.8 Å². The SMILES string of the molecule is CC(C)c1ccc(CN2Cc3sc(NC(=O)Cc4ccc(S(=O)(=O)CC5CCC5)cc4)nc3[C@H]2C(C)C)cc1. The number of carbonyl (C=O) groups is 1. The fourth-order valence-electron chi connectivity index (χ4n) is 5.58. The summed E-state index contributed by atoms with van der Waals surface area (Å²) >= 11 is 1.56. The first kappa shape index (κ1) is 28.0. The van der Waals surface area contributed by atoms with Gasteiger partial charge in [0.1, 0.15) is 0 Å². The fraction of sp³-hybridized carbons (Fsp3) is 0.484. The lowest BCUT2D eigenvalue weighted by Crippen LogP contribution is -2.26. The molecule has 2 heterocycles. The van der Waals surface area contributed by atoms with E-state index in [-0.39, 0.29) is 24.1 Å². The second kappa shape index (κ2) is 11.5. The second-order valence-corrected chi connectivity index (χ2v) is 14.9. The molecule has 1 aromatic heterocycles. The Morgan fingerprint density at radius 2 is 1.69 bits per heavy atom. The topological polar surface area (TPSA) is 79.4 Å². The number of sulfone groups is 1. The number of anilines is 1. The molecule has 0 spiro atoms. The van der Waals surface area contributed by atoms with E-state index in [9.17, 15) is 13.2 Å². The molecule has 3 aromatic rings. The lowest BCUT2D eigenvalue weighted by atomic mass is 9.87. The van der Waals surface area contributed by atoms with Gasteiger partial charge in [0, 0.05) is 18.0 Å². The standard InChI is InChI=1S/C31H39N3O3S2/c1-20(2)25-12-8-23(9-13-25)17-34-18-27-29(30(34)21(3)4)33-31(38-27)32-28(35)16-22-10-14-26(15-11-22)39(36,37)19-24-6-5-7-24/h8-15,20-21,24,30H,5-7,16-19H2,1-4H3,(H,32,33,35)/t30-/m1/s1. The number of rotatable bonds is 10. The average Bonchev–Trinajstić information content (AvgIpc) is 3.38. The molecule has 1 aliphatic carbocycles. The van der Waals surface area contributed by atoms with Gasteiger partial charge in [-0.05, 0) is 59.4 Å². The van der Waals surface area contributed by atoms with Gasteiger partial charge in [0.2, 0.25) is 5.91 Å². The third kappa shape index (κ3) is 6.44. The van der Waals surface area contributed by atoms with Gasteiger partial charge in [-0.3, -0.25) is 9.69 Å². The van der Waals surface area contributed by atoms with Gasteiger partial charge in [-0.2, -0.15) is 0 Å². The first-order chi connectivity index (χ1) is 18.6. The molecule has 208 valence electrons. The van der Waals surface area contributed by atoms with Crippen molar-refractivity contribution < 1.29 is 13.2 Å². The van der Waals surface area contributed by atoms with Gasteiger partial charge >= 0.3 is 0 Å². The number of nitrogens with zero attached hydrogens (tertiary/aromatic N) is 2. The van der Waals surface area contributed by atoms with Gasteiger partial charge < -0.3 is 5.32 Å². The highest BCUT2D eigenvalue weighted by molar-refractivity contribution is 7.91. The van der Waals surface area contributed by atoms with E-state index < -0.39 is 9.84 Å². The molecule has 0 bridgehead atoms. The summed E-state index contributed by atoms with van der Waals surface area (Å²) in [6.07, 6.45) is 3.30. The normalized spacial score (nSPS) is 17.9. The predicted octanol–water partition coefficient (Wildman–Crippen LogP) is 6.73. The number of benzene rings is 2. The molecule has 1 aliphatic heterocycles. The van der Waals surface area contributed by atoms with Crippen molar-refractivity contribution in [3.63, 3.8) is 0 Å². The number of fused-ring (bicyclic) bond motifs is 1. The summed E-state index contributed by atoms with van der Waals surface area (Å²) in [5.41, 5.74) is 4.52. The first-order valence-corrected chi connectivity index (χ1v) is 16.5. The zero-order valence-electron chi connectivity index (χ0n) is 23.3. The molecule has 8 heteroatoms. The molecule has 2 aromatic carbocycles. The Morgan fingerprint density at radius 1 is 1.03 bits per heavy atom. The van der Waals surface area contributed by atoms with Crippen molar-refractivity contribution in [3.8, 4) is 0 Å². The van der Waals surface area contributed by atoms with Crippen LogP contribution in [0.3, 0.4) is 0 Å². The number of hydrogen-bond donors (Lipinski definition) is 1. The predicted molar refractivity (Wildman–Crippen MR) is 158 cm³/mol. The second-order valence-electron chi connectivity index (χ2n) is 11.8. The molecule has 1 N–H and O–H groups in total. The summed E-state index contributed by atoms with van der Waals surface area (Å²) in [5, 5.41) is 3.61. The van der Waals surface area contributed by atoms with Crippen molar-refractivity contribution in [2.24, 2.45) is 11.8 Å². The Kier molecular flexibility index (Phi) is 8.26. The average molecular weight is 566 g/mol. The molecular formula is C31H39N3O3S2. The highest BCUT2D eigenvalue weighted by Gasteiger charge is 2.36. The van der Waals surface area contributed by atoms with Crippen LogP contribution >= 0.6 is 11.3 Å². The minimum atomic E-state index is -3.27. The summed E-state index contributed by atoms with van der Waals surface area (Å²) in [6.45, 7) is 10.6. The molecule has 1 saturated carbocycles. The molecule has 5 rings (SSSR count). The maximum Gasteiger partial charge on any atom is 0.230 e. The Hall–Kier alpha value is -2.55. The van der Waals surface area contributed by atoms with Gasteiger partial charge in [-0.25, -0.2) is 13.4 Å². The number of carbonyl (C=O) groups excluding carboxylic acids is 1. The molecule has 0 saturated heterocycles. The number of nitrogens with one attached hydrogen (secondary N) is 1. The maximum atomic E-state index is 12.8. The minimum absolute atomic E-state index is 0.143. The van der Waals surface area contributed by atoms with E-state index in [1.54, 1.807) is 35.6 Å². The van der Waals surface area contributed by atoms with Crippen LogP contribution in [0.4, 0.5) is 5.13 Å². The lowest BCUT2D eigenvalue weighted by Gasteiger charge is -2.27. The Bertz CT molecular complexity index is 1410. The van der Waals surface area contributed by atoms with Crippen molar-refractivity contribution in [3.05, 3.63) is 75.8 Å². The van der Waals surface area contributed by atoms with E-state index in [0.717, 1.165) is 43.6 Å². The van der Waals surface area contributed by atoms with E-state index in [1.807, 2.05) is 0 Å². The van der Waals surface area contributed by atoms with Crippen molar-refractivity contribution in [1.29, 1.82) is 0 Å². The minimum Gasteiger partial charge on any atom is -0.302 e. The van der Waals surface area contributed by atoms with Crippen LogP contribution in [0.2, 0.25) is 0 Å². The Labute approximate surface area is 236 Å². The molecule has 1 fully saturated rings. The quantitative estimate of drug-likeness (QED) is 0.295. The van der Waals surface area contributed by atoms with Gasteiger partial charge in [-0.15, -0.1) is 11.3 Å². The summed E-state index contributed by atoms with van der Waals surface area (Å²) in [6, 6.07) is 15.9. The van der Waals surface area contributed by atoms with Crippen LogP contribution < -0.4 is 5.32 Å². The molecule has 6 nitrogen and oxygen atoms in total. The largest absolute Gasteiger partial charge is 0.302 e. The van der Waals surface area contributed by atoms with Crippen LogP contribution in [0.25, 0.3) is 0 Å². The van der Waals surface area contributed by atoms with Crippen molar-refractivity contribution in [2.45, 2.75) is 83.3 Å². The zero-order valence-corrected chi connectivity index (χ0v) is 24.9. The van der Waals surface area contributed by atoms with E-state index >= 15 is 0 Å². The summed E-state index contributed by atoms with van der Waals surface area (Å²) in [4.78, 5) is 21.7. The van der Waals surface area contributed by atoms with Gasteiger partial charge in [0.25, 0.3) is 0 Å². The molecule has 0 radical (unpaired) electrons. The van der Waals surface area contributed by atoms with Crippen LogP contribution in [0.15, 0.2) is 53.4 Å². The molecular weight excluding hydrogens is 526 g/mol. The number of aromatic nitrogens is 1. The van der Waals surface area contributed by atoms with Crippen LogP contribution in [0.1, 0.15) is 86.2 Å². The monoisotopic (exact) mass is 565 g/mol. The third-order valence-electron chi connectivity index (χ3n) is 7.98. The van der Waals surface area contributed by atoms with Crippen LogP contribution in [-0.2, 0) is 34.1 Å². The number of thiazole rings is 1. The van der Waals surface area contributed by atoms with Crippen molar-refractivity contribution in [1.82, 2.24) is 9.88 Å². The third-order valence-corrected chi connectivity index (χ3v) is 10.9. The van der Waals surface area contributed by atoms with Gasteiger partial charge in [0.15, 0.2) is 15.0 Å². The molecule has 2 aliphatic rings. The summed E-state index contributed by atoms with van der Waals surface area (Å²) in [5.74, 6) is 1.29. The van der Waals surface area contributed by atoms with Crippen LogP contribution in [0, 0.1) is 11.8 Å². The highest BCUT2D eigenvalue weighted by atomic mass is 32.2. The highest BCUT2D eigenvalue weighted by Crippen LogP contribution is 2.43. The zero-order chi connectivity index (χ0) is 27.7.